The normalized spacial score (nSPS) is 22.3. The SMILES string of the molecule is Cn1c(=O)n(C)c2cc(NC(=O)C(=O)NC[C@H]3CCCN4CCCC[C@H]34)ccc21. The monoisotopic (exact) mass is 399 g/mol. The Morgan fingerprint density at radius 3 is 2.59 bits per heavy atom. The fraction of sp³-hybridized carbons (Fsp3) is 0.571. The fourth-order valence-electron chi connectivity index (χ4n) is 4.89. The number of anilines is 1. The maximum Gasteiger partial charge on any atom is 0.328 e. The number of benzene rings is 1. The molecule has 4 rings (SSSR count). The van der Waals surface area contributed by atoms with Crippen molar-refractivity contribution in [3.8, 4) is 0 Å². The molecule has 2 atom stereocenters. The second-order valence-corrected chi connectivity index (χ2v) is 8.27. The zero-order valence-electron chi connectivity index (χ0n) is 17.1. The second kappa shape index (κ2) is 8.02. The average molecular weight is 399 g/mol. The van der Waals surface area contributed by atoms with Crippen molar-refractivity contribution >= 4 is 28.5 Å². The van der Waals surface area contributed by atoms with Crippen molar-refractivity contribution in [1.82, 2.24) is 19.4 Å². The van der Waals surface area contributed by atoms with Gasteiger partial charge in [0.15, 0.2) is 0 Å². The first-order valence-electron chi connectivity index (χ1n) is 10.4. The Bertz CT molecular complexity index is 990. The van der Waals surface area contributed by atoms with Crippen LogP contribution >= 0.6 is 0 Å². The number of carbonyl (C=O) groups is 2. The molecule has 1 aromatic carbocycles. The number of hydrogen-bond acceptors (Lipinski definition) is 4. The van der Waals surface area contributed by atoms with E-state index in [1.807, 2.05) is 0 Å². The third-order valence-electron chi connectivity index (χ3n) is 6.49. The van der Waals surface area contributed by atoms with E-state index in [0.29, 0.717) is 29.7 Å². The first-order chi connectivity index (χ1) is 14.0. The molecule has 0 unspecified atom stereocenters. The van der Waals surface area contributed by atoms with Crippen molar-refractivity contribution in [3.05, 3.63) is 28.7 Å². The summed E-state index contributed by atoms with van der Waals surface area (Å²) in [6, 6.07) is 5.71. The molecule has 0 spiro atoms. The summed E-state index contributed by atoms with van der Waals surface area (Å²) in [5, 5.41) is 5.48. The van der Waals surface area contributed by atoms with E-state index in [4.69, 9.17) is 0 Å². The number of carbonyl (C=O) groups excluding carboxylic acids is 2. The predicted molar refractivity (Wildman–Crippen MR) is 112 cm³/mol. The van der Waals surface area contributed by atoms with Crippen molar-refractivity contribution < 1.29 is 9.59 Å². The Morgan fingerprint density at radius 1 is 1.00 bits per heavy atom. The van der Waals surface area contributed by atoms with Crippen LogP contribution in [0.4, 0.5) is 5.69 Å². The van der Waals surface area contributed by atoms with Gasteiger partial charge in [0.05, 0.1) is 11.0 Å². The van der Waals surface area contributed by atoms with Gasteiger partial charge in [0.2, 0.25) is 0 Å². The number of amides is 2. The van der Waals surface area contributed by atoms with Gasteiger partial charge >= 0.3 is 17.5 Å². The van der Waals surface area contributed by atoms with Gasteiger partial charge in [0.1, 0.15) is 0 Å². The number of aryl methyl sites for hydroxylation is 2. The topological polar surface area (TPSA) is 88.4 Å². The lowest BCUT2D eigenvalue weighted by Gasteiger charge is -2.44. The number of hydrogen-bond donors (Lipinski definition) is 2. The smallest absolute Gasteiger partial charge is 0.328 e. The van der Waals surface area contributed by atoms with E-state index < -0.39 is 11.8 Å². The maximum absolute atomic E-state index is 12.4. The van der Waals surface area contributed by atoms with Gasteiger partial charge < -0.3 is 15.5 Å². The van der Waals surface area contributed by atoms with Crippen LogP contribution in [0.2, 0.25) is 0 Å². The number of nitrogens with one attached hydrogen (secondary N) is 2. The van der Waals surface area contributed by atoms with Crippen molar-refractivity contribution in [3.63, 3.8) is 0 Å². The summed E-state index contributed by atoms with van der Waals surface area (Å²) in [4.78, 5) is 39.3. The summed E-state index contributed by atoms with van der Waals surface area (Å²) >= 11 is 0. The van der Waals surface area contributed by atoms with E-state index in [1.165, 1.54) is 23.8 Å². The van der Waals surface area contributed by atoms with Crippen LogP contribution in [0, 0.1) is 5.92 Å². The van der Waals surface area contributed by atoms with Gasteiger partial charge in [-0.2, -0.15) is 0 Å². The third kappa shape index (κ3) is 3.81. The lowest BCUT2D eigenvalue weighted by Crippen LogP contribution is -2.51. The van der Waals surface area contributed by atoms with Gasteiger partial charge in [0.25, 0.3) is 0 Å². The molecule has 2 aliphatic rings. The molecule has 2 aliphatic heterocycles. The molecule has 156 valence electrons. The summed E-state index contributed by atoms with van der Waals surface area (Å²) in [6.07, 6.45) is 5.94. The number of rotatable bonds is 3. The fourth-order valence-corrected chi connectivity index (χ4v) is 4.89. The predicted octanol–water partition coefficient (Wildman–Crippen LogP) is 1.20. The number of fused-ring (bicyclic) bond motifs is 2. The average Bonchev–Trinajstić information content (AvgIpc) is 2.95. The number of aromatic nitrogens is 2. The first-order valence-corrected chi connectivity index (χ1v) is 10.4. The molecule has 2 saturated heterocycles. The van der Waals surface area contributed by atoms with Crippen molar-refractivity contribution in [2.75, 3.05) is 25.0 Å². The lowest BCUT2D eigenvalue weighted by molar-refractivity contribution is -0.136. The van der Waals surface area contributed by atoms with Crippen LogP contribution in [0.5, 0.6) is 0 Å². The Balaban J connectivity index is 1.37. The standard InChI is InChI=1S/C21H29N5O3/c1-24-17-9-8-15(12-18(17)25(2)21(24)29)23-20(28)19(27)22-13-14-6-5-11-26-10-4-3-7-16(14)26/h8-9,12,14,16H,3-7,10-11,13H2,1-2H3,(H,22,27)(H,23,28)/t14-,16-/m1/s1. The molecule has 8 nitrogen and oxygen atoms in total. The van der Waals surface area contributed by atoms with Gasteiger partial charge in [0, 0.05) is 32.4 Å². The largest absolute Gasteiger partial charge is 0.347 e. The molecule has 0 saturated carbocycles. The van der Waals surface area contributed by atoms with Crippen LogP contribution in [0.3, 0.4) is 0 Å². The van der Waals surface area contributed by atoms with Gasteiger partial charge in [-0.05, 0) is 62.9 Å². The van der Waals surface area contributed by atoms with Crippen molar-refractivity contribution in [1.29, 1.82) is 0 Å². The molecule has 29 heavy (non-hydrogen) atoms. The number of imidazole rings is 1. The highest BCUT2D eigenvalue weighted by Gasteiger charge is 2.33. The van der Waals surface area contributed by atoms with Gasteiger partial charge in [-0.1, -0.05) is 6.42 Å². The van der Waals surface area contributed by atoms with Gasteiger partial charge in [-0.25, -0.2) is 4.79 Å². The molecule has 8 heteroatoms. The third-order valence-corrected chi connectivity index (χ3v) is 6.49. The molecule has 0 radical (unpaired) electrons. The van der Waals surface area contributed by atoms with E-state index in [9.17, 15) is 14.4 Å². The summed E-state index contributed by atoms with van der Waals surface area (Å²) in [5.41, 5.74) is 1.84. The minimum absolute atomic E-state index is 0.134. The van der Waals surface area contributed by atoms with E-state index in [-0.39, 0.29) is 5.69 Å². The molecule has 1 aromatic heterocycles. The quantitative estimate of drug-likeness (QED) is 0.759. The Morgan fingerprint density at radius 2 is 1.76 bits per heavy atom. The van der Waals surface area contributed by atoms with Crippen LogP contribution in [0.1, 0.15) is 32.1 Å². The summed E-state index contributed by atoms with van der Waals surface area (Å²) in [6.45, 7) is 2.85. The van der Waals surface area contributed by atoms with Gasteiger partial charge in [-0.15, -0.1) is 0 Å². The number of nitrogens with zero attached hydrogens (tertiary/aromatic N) is 3. The van der Waals surface area contributed by atoms with E-state index in [0.717, 1.165) is 31.4 Å². The molecule has 0 bridgehead atoms. The summed E-state index contributed by atoms with van der Waals surface area (Å²) < 4.78 is 3.07. The Kier molecular flexibility index (Phi) is 5.45. The van der Waals surface area contributed by atoms with E-state index in [1.54, 1.807) is 36.9 Å². The van der Waals surface area contributed by atoms with Crippen LogP contribution < -0.4 is 16.3 Å². The molecule has 2 N–H and O–H groups in total. The lowest BCUT2D eigenvalue weighted by atomic mass is 9.83. The Labute approximate surface area is 169 Å². The molecule has 2 amide bonds. The highest BCUT2D eigenvalue weighted by atomic mass is 16.2. The molecular weight excluding hydrogens is 370 g/mol. The molecule has 2 fully saturated rings. The van der Waals surface area contributed by atoms with Crippen LogP contribution in [0.15, 0.2) is 23.0 Å². The molecule has 3 heterocycles. The molecule has 2 aromatic rings. The van der Waals surface area contributed by atoms with Crippen LogP contribution in [0.25, 0.3) is 11.0 Å². The summed E-state index contributed by atoms with van der Waals surface area (Å²) in [7, 11) is 3.39. The minimum atomic E-state index is -0.679. The van der Waals surface area contributed by atoms with Crippen LogP contribution in [-0.4, -0.2) is 51.5 Å². The van der Waals surface area contributed by atoms with Crippen molar-refractivity contribution in [2.24, 2.45) is 20.0 Å². The summed E-state index contributed by atoms with van der Waals surface area (Å²) in [5.74, 6) is -0.877. The Hall–Kier alpha value is -2.61. The zero-order chi connectivity index (χ0) is 20.5. The van der Waals surface area contributed by atoms with Crippen molar-refractivity contribution in [2.45, 2.75) is 38.1 Å². The van der Waals surface area contributed by atoms with E-state index in [2.05, 4.69) is 15.5 Å². The molecular formula is C21H29N5O3. The van der Waals surface area contributed by atoms with Crippen LogP contribution in [-0.2, 0) is 23.7 Å². The zero-order valence-corrected chi connectivity index (χ0v) is 17.1. The maximum atomic E-state index is 12.4. The highest BCUT2D eigenvalue weighted by molar-refractivity contribution is 6.39. The number of piperidine rings is 2. The van der Waals surface area contributed by atoms with E-state index >= 15 is 0 Å². The first kappa shape index (κ1) is 19.7. The highest BCUT2D eigenvalue weighted by Crippen LogP contribution is 2.30. The van der Waals surface area contributed by atoms with Gasteiger partial charge in [-0.3, -0.25) is 18.7 Å². The second-order valence-electron chi connectivity index (χ2n) is 8.27. The molecule has 0 aliphatic carbocycles. The minimum Gasteiger partial charge on any atom is -0.347 e.